The summed E-state index contributed by atoms with van der Waals surface area (Å²) in [7, 11) is 1.29. The Kier molecular flexibility index (Phi) is 5.19. The highest BCUT2D eigenvalue weighted by molar-refractivity contribution is 14.1. The van der Waals surface area contributed by atoms with Crippen LogP contribution in [0.25, 0.3) is 0 Å². The first-order valence-corrected chi connectivity index (χ1v) is 7.42. The van der Waals surface area contributed by atoms with E-state index in [-0.39, 0.29) is 5.91 Å². The summed E-state index contributed by atoms with van der Waals surface area (Å²) in [6, 6.07) is 11.7. The molecule has 0 fully saturated rings. The lowest BCUT2D eigenvalue weighted by Crippen LogP contribution is -2.16. The minimum atomic E-state index is -0.503. The second-order valence-electron chi connectivity index (χ2n) is 4.12. The van der Waals surface area contributed by atoms with Gasteiger partial charge in [0.05, 0.1) is 23.9 Å². The smallest absolute Gasteiger partial charge is 0.339 e. The number of hydrogen-bond acceptors (Lipinski definition) is 3. The maximum atomic E-state index is 12.3. The average molecular weight is 416 g/mol. The number of carbonyl (C=O) groups excluding carboxylic acids is 2. The Bertz CT molecular complexity index is 703. The molecule has 0 aliphatic heterocycles. The molecule has 0 radical (unpaired) electrons. The van der Waals surface area contributed by atoms with Gasteiger partial charge in [0.1, 0.15) is 0 Å². The largest absolute Gasteiger partial charge is 0.465 e. The van der Waals surface area contributed by atoms with Gasteiger partial charge < -0.3 is 10.1 Å². The van der Waals surface area contributed by atoms with Gasteiger partial charge in [-0.25, -0.2) is 4.79 Å². The van der Waals surface area contributed by atoms with Crippen molar-refractivity contribution in [2.75, 3.05) is 12.4 Å². The van der Waals surface area contributed by atoms with Gasteiger partial charge in [0.25, 0.3) is 5.91 Å². The van der Waals surface area contributed by atoms with Crippen LogP contribution in [0.3, 0.4) is 0 Å². The molecule has 2 rings (SSSR count). The van der Waals surface area contributed by atoms with Crippen LogP contribution in [0, 0.1) is 3.57 Å². The third-order valence-electron chi connectivity index (χ3n) is 2.76. The summed E-state index contributed by atoms with van der Waals surface area (Å²) in [6.07, 6.45) is 0. The molecule has 0 saturated carbocycles. The number of ether oxygens (including phenoxy) is 1. The normalized spacial score (nSPS) is 10.0. The molecular formula is C15H11ClINO3. The van der Waals surface area contributed by atoms with Crippen LogP contribution >= 0.6 is 34.2 Å². The topological polar surface area (TPSA) is 55.4 Å². The van der Waals surface area contributed by atoms with Crippen molar-refractivity contribution in [1.29, 1.82) is 0 Å². The van der Waals surface area contributed by atoms with Crippen LogP contribution in [0.2, 0.25) is 5.02 Å². The molecule has 1 amide bonds. The van der Waals surface area contributed by atoms with E-state index in [1.165, 1.54) is 7.11 Å². The monoisotopic (exact) mass is 415 g/mol. The first kappa shape index (κ1) is 15.8. The Labute approximate surface area is 140 Å². The predicted octanol–water partition coefficient (Wildman–Crippen LogP) is 3.98. The number of rotatable bonds is 3. The number of methoxy groups -OCH3 is 1. The quantitative estimate of drug-likeness (QED) is 0.609. The number of amides is 1. The van der Waals surface area contributed by atoms with E-state index in [2.05, 4.69) is 5.32 Å². The molecule has 1 N–H and O–H groups in total. The second kappa shape index (κ2) is 6.91. The number of benzene rings is 2. The summed E-state index contributed by atoms with van der Waals surface area (Å²) in [5, 5.41) is 3.28. The summed E-state index contributed by atoms with van der Waals surface area (Å²) in [6.45, 7) is 0. The second-order valence-corrected chi connectivity index (χ2v) is 5.71. The van der Waals surface area contributed by atoms with Crippen LogP contribution in [-0.4, -0.2) is 19.0 Å². The molecular weight excluding hydrogens is 405 g/mol. The van der Waals surface area contributed by atoms with E-state index in [1.54, 1.807) is 42.5 Å². The van der Waals surface area contributed by atoms with Crippen molar-refractivity contribution in [1.82, 2.24) is 0 Å². The number of carbonyl (C=O) groups is 2. The summed E-state index contributed by atoms with van der Waals surface area (Å²) in [5.41, 5.74) is 1.19. The minimum Gasteiger partial charge on any atom is -0.465 e. The maximum absolute atomic E-state index is 12.3. The molecule has 0 bridgehead atoms. The van der Waals surface area contributed by atoms with Gasteiger partial charge in [-0.1, -0.05) is 23.7 Å². The maximum Gasteiger partial charge on any atom is 0.339 e. The highest BCUT2D eigenvalue weighted by atomic mass is 127. The Morgan fingerprint density at radius 2 is 1.86 bits per heavy atom. The highest BCUT2D eigenvalue weighted by Crippen LogP contribution is 2.21. The van der Waals surface area contributed by atoms with Gasteiger partial charge in [0.15, 0.2) is 0 Å². The standard InChI is InChI=1S/C15H11ClINO3/c1-21-15(20)11-4-2-3-5-13(11)18-14(19)10-7-6-9(16)8-12(10)17/h2-8H,1H3,(H,18,19). The van der Waals surface area contributed by atoms with Crippen molar-refractivity contribution in [3.8, 4) is 0 Å². The fourth-order valence-corrected chi connectivity index (χ4v) is 2.86. The predicted molar refractivity (Wildman–Crippen MR) is 89.9 cm³/mol. The van der Waals surface area contributed by atoms with E-state index in [0.29, 0.717) is 21.8 Å². The summed E-state index contributed by atoms with van der Waals surface area (Å²) in [4.78, 5) is 24.0. The number of anilines is 1. The van der Waals surface area contributed by atoms with E-state index in [4.69, 9.17) is 16.3 Å². The molecule has 0 spiro atoms. The van der Waals surface area contributed by atoms with Crippen molar-refractivity contribution < 1.29 is 14.3 Å². The molecule has 6 heteroatoms. The van der Waals surface area contributed by atoms with E-state index < -0.39 is 5.97 Å². The highest BCUT2D eigenvalue weighted by Gasteiger charge is 2.15. The Balaban J connectivity index is 2.30. The number of esters is 1. The lowest BCUT2D eigenvalue weighted by Gasteiger charge is -2.10. The van der Waals surface area contributed by atoms with E-state index >= 15 is 0 Å². The average Bonchev–Trinajstić information content (AvgIpc) is 2.46. The van der Waals surface area contributed by atoms with Crippen molar-refractivity contribution in [2.45, 2.75) is 0 Å². The van der Waals surface area contributed by atoms with Gasteiger partial charge in [0, 0.05) is 8.59 Å². The fourth-order valence-electron chi connectivity index (χ4n) is 1.74. The van der Waals surface area contributed by atoms with Crippen molar-refractivity contribution >= 4 is 51.8 Å². The van der Waals surface area contributed by atoms with Crippen LogP contribution < -0.4 is 5.32 Å². The zero-order chi connectivity index (χ0) is 15.4. The fraction of sp³-hybridized carbons (Fsp3) is 0.0667. The zero-order valence-corrected chi connectivity index (χ0v) is 13.9. The molecule has 0 aromatic heterocycles. The van der Waals surface area contributed by atoms with Gasteiger partial charge in [-0.2, -0.15) is 0 Å². The van der Waals surface area contributed by atoms with Gasteiger partial charge >= 0.3 is 5.97 Å². The van der Waals surface area contributed by atoms with Crippen LogP contribution in [-0.2, 0) is 4.74 Å². The number of halogens is 2. The van der Waals surface area contributed by atoms with Crippen molar-refractivity contribution in [3.05, 3.63) is 62.2 Å². The van der Waals surface area contributed by atoms with Crippen molar-refractivity contribution in [3.63, 3.8) is 0 Å². The zero-order valence-electron chi connectivity index (χ0n) is 11.0. The molecule has 0 atom stereocenters. The molecule has 21 heavy (non-hydrogen) atoms. The van der Waals surface area contributed by atoms with E-state index in [0.717, 1.165) is 3.57 Å². The van der Waals surface area contributed by atoms with Crippen LogP contribution in [0.4, 0.5) is 5.69 Å². The van der Waals surface area contributed by atoms with Crippen molar-refractivity contribution in [2.24, 2.45) is 0 Å². The van der Waals surface area contributed by atoms with Gasteiger partial charge in [0.2, 0.25) is 0 Å². The lowest BCUT2D eigenvalue weighted by molar-refractivity contribution is 0.0602. The Morgan fingerprint density at radius 3 is 2.52 bits per heavy atom. The molecule has 0 aliphatic rings. The molecule has 2 aromatic carbocycles. The SMILES string of the molecule is COC(=O)c1ccccc1NC(=O)c1ccc(Cl)cc1I. The summed E-state index contributed by atoms with van der Waals surface area (Å²) in [5.74, 6) is -0.816. The number of para-hydroxylation sites is 1. The molecule has 0 aliphatic carbocycles. The Morgan fingerprint density at radius 1 is 1.14 bits per heavy atom. The Hall–Kier alpha value is -1.60. The van der Waals surface area contributed by atoms with Gasteiger partial charge in [-0.05, 0) is 52.9 Å². The van der Waals surface area contributed by atoms with Gasteiger partial charge in [-0.15, -0.1) is 0 Å². The molecule has 2 aromatic rings. The van der Waals surface area contributed by atoms with Crippen LogP contribution in [0.5, 0.6) is 0 Å². The molecule has 0 saturated heterocycles. The molecule has 0 unspecified atom stereocenters. The van der Waals surface area contributed by atoms with Gasteiger partial charge in [-0.3, -0.25) is 4.79 Å². The lowest BCUT2D eigenvalue weighted by atomic mass is 10.1. The first-order valence-electron chi connectivity index (χ1n) is 5.96. The molecule has 4 nitrogen and oxygen atoms in total. The first-order chi connectivity index (χ1) is 10.0. The minimum absolute atomic E-state index is 0.303. The van der Waals surface area contributed by atoms with E-state index in [1.807, 2.05) is 22.6 Å². The third kappa shape index (κ3) is 3.74. The third-order valence-corrected chi connectivity index (χ3v) is 3.88. The van der Waals surface area contributed by atoms with E-state index in [9.17, 15) is 9.59 Å². The summed E-state index contributed by atoms with van der Waals surface area (Å²) >= 11 is 7.91. The number of nitrogens with one attached hydrogen (secondary N) is 1. The molecule has 0 heterocycles. The number of hydrogen-bond donors (Lipinski definition) is 1. The summed E-state index contributed by atoms with van der Waals surface area (Å²) < 4.78 is 5.42. The molecule has 108 valence electrons. The van der Waals surface area contributed by atoms with Crippen LogP contribution in [0.15, 0.2) is 42.5 Å². The van der Waals surface area contributed by atoms with Crippen LogP contribution in [0.1, 0.15) is 20.7 Å².